The summed E-state index contributed by atoms with van der Waals surface area (Å²) in [6.07, 6.45) is 5.89. The molecule has 5 rings (SSSR count). The molecule has 0 atom stereocenters. The largest absolute Gasteiger partial charge is 0.396 e. The van der Waals surface area contributed by atoms with Gasteiger partial charge >= 0.3 is 0 Å². The highest BCUT2D eigenvalue weighted by Gasteiger charge is 2.39. The first-order valence-electron chi connectivity index (χ1n) is 13.3. The van der Waals surface area contributed by atoms with Gasteiger partial charge in [-0.25, -0.2) is 0 Å². The van der Waals surface area contributed by atoms with Crippen LogP contribution in [0.3, 0.4) is 0 Å². The lowest BCUT2D eigenvalue weighted by Gasteiger charge is -2.49. The average molecular weight is 564 g/mol. The Morgan fingerprint density at radius 1 is 1.05 bits per heavy atom. The standard InChI is InChI=1S/C30H35BrN4O2/c1-3-37-33-28(22-6-9-26(31)10-7-22)23-12-17-35(18-13-23)30(2)14-19-34(20-15-30)29(36)25-8-11-27-24(21-25)5-4-16-32-27/h4-11,16,21,23H,3,12-15,17-20H2,1-2H3/b33-28-. The first-order chi connectivity index (χ1) is 18.0. The lowest BCUT2D eigenvalue weighted by Crippen LogP contribution is -2.56. The molecule has 2 aliphatic heterocycles. The number of amides is 1. The normalized spacial score (nSPS) is 19.2. The van der Waals surface area contributed by atoms with Crippen LogP contribution in [0.5, 0.6) is 0 Å². The molecule has 37 heavy (non-hydrogen) atoms. The van der Waals surface area contributed by atoms with Crippen molar-refractivity contribution in [3.05, 3.63) is 76.4 Å². The monoisotopic (exact) mass is 562 g/mol. The number of nitrogens with zero attached hydrogens (tertiary/aromatic N) is 4. The molecule has 3 aromatic rings. The van der Waals surface area contributed by atoms with Gasteiger partial charge in [-0.1, -0.05) is 39.3 Å². The predicted octanol–water partition coefficient (Wildman–Crippen LogP) is 6.14. The summed E-state index contributed by atoms with van der Waals surface area (Å²) in [5, 5.41) is 5.54. The van der Waals surface area contributed by atoms with Gasteiger partial charge in [-0.3, -0.25) is 14.7 Å². The highest BCUT2D eigenvalue weighted by atomic mass is 79.9. The topological polar surface area (TPSA) is 58.0 Å². The van der Waals surface area contributed by atoms with Gasteiger partial charge in [0.1, 0.15) is 6.61 Å². The second-order valence-corrected chi connectivity index (χ2v) is 11.3. The third-order valence-electron chi connectivity index (χ3n) is 8.05. The molecule has 0 N–H and O–H groups in total. The van der Waals surface area contributed by atoms with Crippen molar-refractivity contribution in [2.75, 3.05) is 32.8 Å². The number of carbonyl (C=O) groups is 1. The van der Waals surface area contributed by atoms with Crippen molar-refractivity contribution in [3.63, 3.8) is 0 Å². The van der Waals surface area contributed by atoms with Crippen LogP contribution in [-0.2, 0) is 4.84 Å². The SMILES string of the molecule is CCO/N=C(/c1ccc(Br)cc1)C1CCN(C2(C)CCN(C(=O)c3ccc4ncccc4c3)CC2)CC1. The van der Waals surface area contributed by atoms with Gasteiger partial charge in [0, 0.05) is 46.2 Å². The zero-order chi connectivity index (χ0) is 25.8. The molecule has 194 valence electrons. The van der Waals surface area contributed by atoms with Crippen LogP contribution in [0.15, 0.2) is 70.4 Å². The van der Waals surface area contributed by atoms with Crippen molar-refractivity contribution in [2.24, 2.45) is 11.1 Å². The Morgan fingerprint density at radius 2 is 1.76 bits per heavy atom. The molecule has 2 fully saturated rings. The molecular formula is C30H35BrN4O2. The Balaban J connectivity index is 1.20. The molecule has 2 saturated heterocycles. The minimum atomic E-state index is 0.115. The Kier molecular flexibility index (Phi) is 7.91. The zero-order valence-corrected chi connectivity index (χ0v) is 23.3. The molecule has 0 radical (unpaired) electrons. The van der Waals surface area contributed by atoms with E-state index in [1.807, 2.05) is 42.2 Å². The Labute approximate surface area is 227 Å². The number of rotatable bonds is 6. The number of pyridine rings is 1. The zero-order valence-electron chi connectivity index (χ0n) is 21.7. The van der Waals surface area contributed by atoms with E-state index in [9.17, 15) is 4.79 Å². The van der Waals surface area contributed by atoms with Crippen molar-refractivity contribution in [1.29, 1.82) is 0 Å². The summed E-state index contributed by atoms with van der Waals surface area (Å²) in [6, 6.07) is 18.1. The van der Waals surface area contributed by atoms with E-state index >= 15 is 0 Å². The molecule has 3 heterocycles. The van der Waals surface area contributed by atoms with Gasteiger partial charge in [0.05, 0.1) is 11.2 Å². The molecule has 0 saturated carbocycles. The highest BCUT2D eigenvalue weighted by molar-refractivity contribution is 9.10. The van der Waals surface area contributed by atoms with Gasteiger partial charge in [0.2, 0.25) is 0 Å². The smallest absolute Gasteiger partial charge is 0.253 e. The summed E-state index contributed by atoms with van der Waals surface area (Å²) >= 11 is 3.53. The number of carbonyl (C=O) groups excluding carboxylic acids is 1. The van der Waals surface area contributed by atoms with Crippen LogP contribution in [0.25, 0.3) is 10.9 Å². The number of likely N-dealkylation sites (tertiary alicyclic amines) is 2. The average Bonchev–Trinajstić information content (AvgIpc) is 2.94. The van der Waals surface area contributed by atoms with Crippen molar-refractivity contribution >= 4 is 38.5 Å². The van der Waals surface area contributed by atoms with Crippen molar-refractivity contribution < 1.29 is 9.63 Å². The maximum atomic E-state index is 13.3. The van der Waals surface area contributed by atoms with Crippen molar-refractivity contribution in [3.8, 4) is 0 Å². The predicted molar refractivity (Wildman–Crippen MR) is 152 cm³/mol. The van der Waals surface area contributed by atoms with E-state index in [-0.39, 0.29) is 11.4 Å². The summed E-state index contributed by atoms with van der Waals surface area (Å²) in [4.78, 5) is 27.8. The Bertz CT molecular complexity index is 1260. The number of aromatic nitrogens is 1. The van der Waals surface area contributed by atoms with Crippen LogP contribution in [0.2, 0.25) is 0 Å². The number of fused-ring (bicyclic) bond motifs is 1. The fourth-order valence-corrected chi connectivity index (χ4v) is 5.97. The molecule has 2 aliphatic rings. The van der Waals surface area contributed by atoms with Gasteiger partial charge in [0.15, 0.2) is 0 Å². The summed E-state index contributed by atoms with van der Waals surface area (Å²) < 4.78 is 1.07. The van der Waals surface area contributed by atoms with Crippen LogP contribution in [-0.4, -0.2) is 64.7 Å². The minimum absolute atomic E-state index is 0.115. The Morgan fingerprint density at radius 3 is 2.46 bits per heavy atom. The van der Waals surface area contributed by atoms with Gasteiger partial charge in [-0.2, -0.15) is 0 Å². The minimum Gasteiger partial charge on any atom is -0.396 e. The van der Waals surface area contributed by atoms with Crippen LogP contribution in [0, 0.1) is 5.92 Å². The third-order valence-corrected chi connectivity index (χ3v) is 8.58. The number of hydrogen-bond donors (Lipinski definition) is 0. The molecule has 1 aromatic heterocycles. The fraction of sp³-hybridized carbons (Fsp3) is 0.433. The van der Waals surface area contributed by atoms with E-state index in [4.69, 9.17) is 4.84 Å². The van der Waals surface area contributed by atoms with E-state index in [1.54, 1.807) is 6.20 Å². The first-order valence-corrected chi connectivity index (χ1v) is 14.1. The number of hydrogen-bond acceptors (Lipinski definition) is 5. The maximum Gasteiger partial charge on any atom is 0.253 e. The summed E-state index contributed by atoms with van der Waals surface area (Å²) in [6.45, 7) is 8.57. The fourth-order valence-electron chi connectivity index (χ4n) is 5.71. The van der Waals surface area contributed by atoms with E-state index in [1.165, 1.54) is 0 Å². The molecule has 0 bridgehead atoms. The van der Waals surface area contributed by atoms with Crippen LogP contribution < -0.4 is 0 Å². The molecule has 0 aliphatic carbocycles. The lowest BCUT2D eigenvalue weighted by molar-refractivity contribution is 0.0161. The van der Waals surface area contributed by atoms with Crippen molar-refractivity contribution in [1.82, 2.24) is 14.8 Å². The lowest BCUT2D eigenvalue weighted by atomic mass is 9.82. The molecule has 2 aromatic carbocycles. The van der Waals surface area contributed by atoms with Crippen LogP contribution >= 0.6 is 15.9 Å². The van der Waals surface area contributed by atoms with Crippen LogP contribution in [0.1, 0.15) is 55.5 Å². The molecule has 1 amide bonds. The molecular weight excluding hydrogens is 528 g/mol. The number of oxime groups is 1. The van der Waals surface area contributed by atoms with Gasteiger partial charge < -0.3 is 9.74 Å². The van der Waals surface area contributed by atoms with E-state index in [0.29, 0.717) is 12.5 Å². The van der Waals surface area contributed by atoms with E-state index in [0.717, 1.165) is 84.1 Å². The van der Waals surface area contributed by atoms with Gasteiger partial charge in [-0.05, 0) is 94.6 Å². The quantitative estimate of drug-likeness (QED) is 0.267. The molecule has 7 heteroatoms. The van der Waals surface area contributed by atoms with E-state index < -0.39 is 0 Å². The van der Waals surface area contributed by atoms with Gasteiger partial charge in [-0.15, -0.1) is 0 Å². The highest BCUT2D eigenvalue weighted by Crippen LogP contribution is 2.34. The second kappa shape index (κ2) is 11.3. The number of halogens is 1. The van der Waals surface area contributed by atoms with Crippen molar-refractivity contribution in [2.45, 2.75) is 45.1 Å². The van der Waals surface area contributed by atoms with Gasteiger partial charge in [0.25, 0.3) is 5.91 Å². The number of piperidine rings is 2. The molecule has 6 nitrogen and oxygen atoms in total. The second-order valence-electron chi connectivity index (χ2n) is 10.4. The third kappa shape index (κ3) is 5.73. The van der Waals surface area contributed by atoms with E-state index in [2.05, 4.69) is 62.2 Å². The molecule has 0 spiro atoms. The Hall–Kier alpha value is -2.77. The maximum absolute atomic E-state index is 13.3. The summed E-state index contributed by atoms with van der Waals surface area (Å²) in [5.41, 5.74) is 3.98. The number of benzene rings is 2. The summed E-state index contributed by atoms with van der Waals surface area (Å²) in [7, 11) is 0. The molecule has 0 unspecified atom stereocenters. The summed E-state index contributed by atoms with van der Waals surface area (Å²) in [5.74, 6) is 0.509. The first kappa shape index (κ1) is 25.9. The van der Waals surface area contributed by atoms with Crippen LogP contribution in [0.4, 0.5) is 0 Å².